The lowest BCUT2D eigenvalue weighted by Crippen LogP contribution is -2.42. The molecule has 0 aromatic heterocycles. The predicted octanol–water partition coefficient (Wildman–Crippen LogP) is 3.16. The Kier molecular flexibility index (Phi) is 5.00. The topological polar surface area (TPSA) is 59.0 Å². The molecule has 3 atom stereocenters. The molecule has 2 aliphatic rings. The smallest absolute Gasteiger partial charge is 0.336 e. The molecule has 0 radical (unpaired) electrons. The molecule has 142 valence electrons. The number of likely N-dealkylation sites (tertiary alicyclic amines) is 1. The zero-order chi connectivity index (χ0) is 18.9. The lowest BCUT2D eigenvalue weighted by Gasteiger charge is -2.28. The predicted molar refractivity (Wildman–Crippen MR) is 102 cm³/mol. The van der Waals surface area contributed by atoms with E-state index in [1.165, 1.54) is 5.56 Å². The van der Waals surface area contributed by atoms with Crippen LogP contribution in [-0.2, 0) is 16.0 Å². The Balaban J connectivity index is 1.51. The molecule has 5 nitrogen and oxygen atoms in total. The molecule has 2 saturated heterocycles. The van der Waals surface area contributed by atoms with Gasteiger partial charge in [0.05, 0.1) is 18.3 Å². The molecule has 0 aliphatic carbocycles. The van der Waals surface area contributed by atoms with Gasteiger partial charge in [0.15, 0.2) is 0 Å². The van der Waals surface area contributed by atoms with Gasteiger partial charge in [-0.05, 0) is 23.6 Å². The summed E-state index contributed by atoms with van der Waals surface area (Å²) in [5.74, 6) is -0.515. The van der Waals surface area contributed by atoms with Crippen molar-refractivity contribution in [1.82, 2.24) is 4.90 Å². The summed E-state index contributed by atoms with van der Waals surface area (Å²) in [6.45, 7) is 2.78. The summed E-state index contributed by atoms with van der Waals surface area (Å²) in [7, 11) is 1.74. The fourth-order valence-corrected chi connectivity index (χ4v) is 4.54. The highest BCUT2D eigenvalue weighted by Gasteiger charge is 2.52. The summed E-state index contributed by atoms with van der Waals surface area (Å²) in [6.07, 6.45) is 0.912. The van der Waals surface area contributed by atoms with Crippen LogP contribution in [0.5, 0.6) is 0 Å². The number of nitrogens with zero attached hydrogens (tertiary/aromatic N) is 1. The average Bonchev–Trinajstić information content (AvgIpc) is 3.26. The fraction of sp³-hybridized carbons (Fsp3) is 0.409. The number of methoxy groups -OCH3 is 1. The van der Waals surface area contributed by atoms with E-state index in [9.17, 15) is 9.90 Å². The Labute approximate surface area is 159 Å². The summed E-state index contributed by atoms with van der Waals surface area (Å²) >= 11 is 0. The highest BCUT2D eigenvalue weighted by Crippen LogP contribution is 2.43. The van der Waals surface area contributed by atoms with Crippen LogP contribution in [0.1, 0.15) is 33.8 Å². The second-order valence-electron chi connectivity index (χ2n) is 7.54. The zero-order valence-corrected chi connectivity index (χ0v) is 15.5. The van der Waals surface area contributed by atoms with Gasteiger partial charge in [-0.25, -0.2) is 4.79 Å². The number of carbonyl (C=O) groups is 1. The van der Waals surface area contributed by atoms with Crippen molar-refractivity contribution in [3.8, 4) is 0 Å². The van der Waals surface area contributed by atoms with Gasteiger partial charge in [0.25, 0.3) is 0 Å². The molecule has 2 aliphatic heterocycles. The molecule has 2 aromatic rings. The van der Waals surface area contributed by atoms with E-state index < -0.39 is 5.97 Å². The molecule has 0 saturated carbocycles. The summed E-state index contributed by atoms with van der Waals surface area (Å²) in [5, 5.41) is 9.44. The molecular formula is C22H25NO4. The Morgan fingerprint density at radius 2 is 1.96 bits per heavy atom. The number of hydrogen-bond donors (Lipinski definition) is 1. The van der Waals surface area contributed by atoms with E-state index in [0.717, 1.165) is 25.1 Å². The minimum atomic E-state index is -0.885. The van der Waals surface area contributed by atoms with Gasteiger partial charge in [-0.2, -0.15) is 0 Å². The minimum Gasteiger partial charge on any atom is -0.478 e. The number of hydrogen-bond acceptors (Lipinski definition) is 4. The second-order valence-corrected chi connectivity index (χ2v) is 7.54. The lowest BCUT2D eigenvalue weighted by molar-refractivity contribution is -0.0757. The van der Waals surface area contributed by atoms with Crippen LogP contribution in [-0.4, -0.2) is 54.5 Å². The van der Waals surface area contributed by atoms with E-state index in [0.29, 0.717) is 24.6 Å². The summed E-state index contributed by atoms with van der Waals surface area (Å²) in [6, 6.07) is 17.7. The van der Waals surface area contributed by atoms with Gasteiger partial charge in [-0.1, -0.05) is 48.5 Å². The van der Waals surface area contributed by atoms with Crippen LogP contribution in [0.15, 0.2) is 54.6 Å². The van der Waals surface area contributed by atoms with Gasteiger partial charge in [-0.15, -0.1) is 0 Å². The Hall–Kier alpha value is -2.21. The summed E-state index contributed by atoms with van der Waals surface area (Å²) in [4.78, 5) is 13.8. The van der Waals surface area contributed by atoms with Crippen molar-refractivity contribution in [2.75, 3.05) is 26.8 Å². The van der Waals surface area contributed by atoms with Crippen molar-refractivity contribution < 1.29 is 19.4 Å². The highest BCUT2D eigenvalue weighted by molar-refractivity contribution is 5.89. The highest BCUT2D eigenvalue weighted by atomic mass is 16.6. The molecule has 2 fully saturated rings. The van der Waals surface area contributed by atoms with Gasteiger partial charge in [0, 0.05) is 32.7 Å². The molecule has 0 bridgehead atoms. The molecule has 27 heavy (non-hydrogen) atoms. The molecule has 4 rings (SSSR count). The van der Waals surface area contributed by atoms with Gasteiger partial charge in [-0.3, -0.25) is 4.90 Å². The number of aromatic carboxylic acids is 1. The van der Waals surface area contributed by atoms with Crippen LogP contribution in [0, 0.1) is 0 Å². The second kappa shape index (κ2) is 7.43. The van der Waals surface area contributed by atoms with Crippen molar-refractivity contribution in [3.05, 3.63) is 71.3 Å². The van der Waals surface area contributed by atoms with Crippen molar-refractivity contribution in [3.63, 3.8) is 0 Å². The number of ether oxygens (including phenoxy) is 2. The molecule has 2 heterocycles. The van der Waals surface area contributed by atoms with Crippen LogP contribution in [0.3, 0.4) is 0 Å². The SMILES string of the molecule is CO[C@@H]1CN(Cc2ccccc2C(=O)O)C[C@]12C[C@@H](c1ccccc1)CO2. The zero-order valence-electron chi connectivity index (χ0n) is 15.5. The van der Waals surface area contributed by atoms with E-state index in [4.69, 9.17) is 9.47 Å². The van der Waals surface area contributed by atoms with Crippen molar-refractivity contribution in [1.29, 1.82) is 0 Å². The first kappa shape index (κ1) is 18.2. The molecule has 1 N–H and O–H groups in total. The number of rotatable bonds is 5. The van der Waals surface area contributed by atoms with Crippen molar-refractivity contribution in [2.45, 2.75) is 30.6 Å². The van der Waals surface area contributed by atoms with Gasteiger partial charge in [0.2, 0.25) is 0 Å². The summed E-state index contributed by atoms with van der Waals surface area (Å²) in [5.41, 5.74) is 2.17. The Bertz CT molecular complexity index is 809. The van der Waals surface area contributed by atoms with E-state index in [-0.39, 0.29) is 11.7 Å². The van der Waals surface area contributed by atoms with Crippen molar-refractivity contribution >= 4 is 5.97 Å². The van der Waals surface area contributed by atoms with Gasteiger partial charge >= 0.3 is 5.97 Å². The third-order valence-corrected chi connectivity index (χ3v) is 5.86. The first-order valence-electron chi connectivity index (χ1n) is 9.36. The molecule has 1 spiro atoms. The Morgan fingerprint density at radius 3 is 2.70 bits per heavy atom. The Morgan fingerprint density at radius 1 is 1.22 bits per heavy atom. The first-order chi connectivity index (χ1) is 13.1. The molecule has 2 aromatic carbocycles. The monoisotopic (exact) mass is 367 g/mol. The van der Waals surface area contributed by atoms with Crippen LogP contribution in [0.4, 0.5) is 0 Å². The quantitative estimate of drug-likeness (QED) is 0.880. The maximum Gasteiger partial charge on any atom is 0.336 e. The largest absolute Gasteiger partial charge is 0.478 e. The average molecular weight is 367 g/mol. The van der Waals surface area contributed by atoms with E-state index in [1.54, 1.807) is 19.2 Å². The number of benzene rings is 2. The third-order valence-electron chi connectivity index (χ3n) is 5.86. The van der Waals surface area contributed by atoms with Gasteiger partial charge < -0.3 is 14.6 Å². The number of carboxylic acid groups (broad SMARTS) is 1. The third kappa shape index (κ3) is 3.50. The van der Waals surface area contributed by atoms with Crippen LogP contribution < -0.4 is 0 Å². The minimum absolute atomic E-state index is 0.0109. The normalized spacial score (nSPS) is 28.0. The van der Waals surface area contributed by atoms with Crippen LogP contribution >= 0.6 is 0 Å². The number of carboxylic acids is 1. The van der Waals surface area contributed by atoms with E-state index in [1.807, 2.05) is 18.2 Å². The lowest BCUT2D eigenvalue weighted by atomic mass is 9.87. The van der Waals surface area contributed by atoms with Crippen molar-refractivity contribution in [2.24, 2.45) is 0 Å². The maximum atomic E-state index is 11.5. The molecule has 0 unspecified atom stereocenters. The molecule has 5 heteroatoms. The first-order valence-corrected chi connectivity index (χ1v) is 9.36. The standard InChI is InChI=1S/C22H25NO4/c1-26-20-13-23(12-17-9-5-6-10-19(17)21(24)25)15-22(20)11-18(14-27-22)16-7-3-2-4-8-16/h2-10,18,20H,11-15H2,1H3,(H,24,25)/t18-,20-,22-/m1/s1. The summed E-state index contributed by atoms with van der Waals surface area (Å²) < 4.78 is 12.1. The molecule has 0 amide bonds. The fourth-order valence-electron chi connectivity index (χ4n) is 4.54. The maximum absolute atomic E-state index is 11.5. The van der Waals surface area contributed by atoms with Gasteiger partial charge in [0.1, 0.15) is 5.60 Å². The molecular weight excluding hydrogens is 342 g/mol. The van der Waals surface area contributed by atoms with E-state index in [2.05, 4.69) is 29.2 Å². The van der Waals surface area contributed by atoms with Crippen LogP contribution in [0.2, 0.25) is 0 Å². The van der Waals surface area contributed by atoms with E-state index >= 15 is 0 Å². The van der Waals surface area contributed by atoms with Crippen LogP contribution in [0.25, 0.3) is 0 Å².